The smallest absolute Gasteiger partial charge is 0.272 e. The minimum atomic E-state index is -2.62. The number of ether oxygens (including phenoxy) is 1. The second-order valence-electron chi connectivity index (χ2n) is 8.79. The summed E-state index contributed by atoms with van der Waals surface area (Å²) < 4.78 is 33.0. The van der Waals surface area contributed by atoms with Crippen molar-refractivity contribution in [2.75, 3.05) is 11.9 Å². The number of nitrogens with zero attached hydrogens (tertiary/aromatic N) is 4. The maximum absolute atomic E-state index is 13.0. The highest BCUT2D eigenvalue weighted by molar-refractivity contribution is 5.90. The molecule has 1 aliphatic carbocycles. The number of fused-ring (bicyclic) bond motifs is 2. The Balaban J connectivity index is 1.52. The van der Waals surface area contributed by atoms with Crippen LogP contribution in [0.1, 0.15) is 32.6 Å². The molecule has 33 heavy (non-hydrogen) atoms. The van der Waals surface area contributed by atoms with Crippen LogP contribution in [0.3, 0.4) is 0 Å². The largest absolute Gasteiger partial charge is 0.470 e. The molecule has 7 nitrogen and oxygen atoms in total. The Labute approximate surface area is 189 Å². The van der Waals surface area contributed by atoms with Crippen LogP contribution in [0, 0.1) is 0 Å². The van der Waals surface area contributed by atoms with Gasteiger partial charge in [0, 0.05) is 29.4 Å². The van der Waals surface area contributed by atoms with Crippen molar-refractivity contribution in [1.82, 2.24) is 19.6 Å². The predicted octanol–water partition coefficient (Wildman–Crippen LogP) is 4.69. The number of halogens is 2. The number of aliphatic hydroxyl groups is 1. The third-order valence-corrected chi connectivity index (χ3v) is 6.14. The molecular weight excluding hydrogens is 428 g/mol. The fourth-order valence-corrected chi connectivity index (χ4v) is 4.34. The maximum Gasteiger partial charge on any atom is 0.272 e. The molecule has 2 N–H and O–H groups in total. The highest BCUT2D eigenvalue weighted by Crippen LogP contribution is 2.34. The van der Waals surface area contributed by atoms with Crippen LogP contribution in [0.2, 0.25) is 0 Å². The molecule has 172 valence electrons. The number of aromatic nitrogens is 4. The molecule has 0 radical (unpaired) electrons. The summed E-state index contributed by atoms with van der Waals surface area (Å²) in [6.45, 7) is 1.08. The van der Waals surface area contributed by atoms with Crippen molar-refractivity contribution in [3.63, 3.8) is 0 Å². The molecule has 5 rings (SSSR count). The summed E-state index contributed by atoms with van der Waals surface area (Å²) in [6.07, 6.45) is 3.77. The van der Waals surface area contributed by atoms with Gasteiger partial charge in [0.15, 0.2) is 6.61 Å². The number of hydrogen-bond donors (Lipinski definition) is 2. The zero-order valence-electron chi connectivity index (χ0n) is 18.2. The summed E-state index contributed by atoms with van der Waals surface area (Å²) in [5.41, 5.74) is 2.41. The van der Waals surface area contributed by atoms with Gasteiger partial charge in [-0.25, -0.2) is 13.3 Å². The van der Waals surface area contributed by atoms with Gasteiger partial charge in [0.2, 0.25) is 11.8 Å². The Morgan fingerprint density at radius 3 is 2.85 bits per heavy atom. The van der Waals surface area contributed by atoms with Crippen LogP contribution in [-0.4, -0.2) is 49.4 Å². The van der Waals surface area contributed by atoms with E-state index in [2.05, 4.69) is 20.4 Å². The molecule has 1 aliphatic rings. The molecule has 0 unspecified atom stereocenters. The van der Waals surface area contributed by atoms with Crippen molar-refractivity contribution < 1.29 is 18.6 Å². The second-order valence-corrected chi connectivity index (χ2v) is 8.79. The van der Waals surface area contributed by atoms with Gasteiger partial charge in [-0.1, -0.05) is 12.1 Å². The number of benzene rings is 1. The number of anilines is 1. The van der Waals surface area contributed by atoms with E-state index in [9.17, 15) is 13.9 Å². The molecule has 1 saturated carbocycles. The fourth-order valence-electron chi connectivity index (χ4n) is 4.34. The number of alkyl halides is 2. The van der Waals surface area contributed by atoms with Crippen molar-refractivity contribution in [3.05, 3.63) is 48.8 Å². The van der Waals surface area contributed by atoms with Crippen molar-refractivity contribution in [1.29, 1.82) is 0 Å². The van der Waals surface area contributed by atoms with Crippen LogP contribution < -0.4 is 10.1 Å². The molecule has 1 fully saturated rings. The summed E-state index contributed by atoms with van der Waals surface area (Å²) in [7, 11) is 0. The summed E-state index contributed by atoms with van der Waals surface area (Å²) in [5.74, 6) is 0.407. The second kappa shape index (κ2) is 8.55. The standard InChI is InChI=1S/C24H25F2N5O2/c1-24(32)9-6-17(7-10-24)28-23-29-22(33-14-20(25)26)21-18(8-12-31(21)30-23)15-4-5-19-16(13-15)3-2-11-27-19/h2-5,8,11-13,17,20,32H,6-7,9-10,14H2,1H3,(H,28,30)/t17-,24-. The van der Waals surface area contributed by atoms with Crippen LogP contribution >= 0.6 is 0 Å². The van der Waals surface area contributed by atoms with E-state index in [1.807, 2.05) is 43.3 Å². The maximum atomic E-state index is 13.0. The van der Waals surface area contributed by atoms with E-state index in [-0.39, 0.29) is 11.9 Å². The van der Waals surface area contributed by atoms with E-state index in [4.69, 9.17) is 4.74 Å². The van der Waals surface area contributed by atoms with Gasteiger partial charge in [-0.05, 0) is 62.4 Å². The molecule has 1 aromatic carbocycles. The quantitative estimate of drug-likeness (QED) is 0.441. The summed E-state index contributed by atoms with van der Waals surface area (Å²) in [4.78, 5) is 8.80. The molecule has 3 aromatic heterocycles. The number of pyridine rings is 1. The van der Waals surface area contributed by atoms with Crippen LogP contribution in [0.15, 0.2) is 48.8 Å². The molecule has 9 heteroatoms. The van der Waals surface area contributed by atoms with Gasteiger partial charge >= 0.3 is 0 Å². The van der Waals surface area contributed by atoms with E-state index in [0.29, 0.717) is 24.3 Å². The average molecular weight is 453 g/mol. The Bertz CT molecular complexity index is 1280. The highest BCUT2D eigenvalue weighted by atomic mass is 19.3. The van der Waals surface area contributed by atoms with Crippen molar-refractivity contribution in [3.8, 4) is 17.0 Å². The number of nitrogens with one attached hydrogen (secondary N) is 1. The first-order chi connectivity index (χ1) is 15.9. The van der Waals surface area contributed by atoms with Gasteiger partial charge in [-0.15, -0.1) is 5.10 Å². The molecule has 0 spiro atoms. The summed E-state index contributed by atoms with van der Waals surface area (Å²) >= 11 is 0. The van der Waals surface area contributed by atoms with E-state index in [1.165, 1.54) is 0 Å². The van der Waals surface area contributed by atoms with Crippen molar-refractivity contribution in [2.45, 2.75) is 50.7 Å². The minimum absolute atomic E-state index is 0.0913. The van der Waals surface area contributed by atoms with Gasteiger partial charge in [-0.3, -0.25) is 4.98 Å². The Kier molecular flexibility index (Phi) is 5.57. The molecule has 4 aromatic rings. The van der Waals surface area contributed by atoms with Gasteiger partial charge < -0.3 is 15.2 Å². The first-order valence-electron chi connectivity index (χ1n) is 11.0. The SMILES string of the molecule is C[C@]1(O)CC[C@H](Nc2nc(OCC(F)F)c3c(-c4ccc5ncccc5c4)ccn3n2)CC1. The third-order valence-electron chi connectivity index (χ3n) is 6.14. The van der Waals surface area contributed by atoms with E-state index in [1.54, 1.807) is 16.9 Å². The molecule has 0 saturated heterocycles. The normalized spacial score (nSPS) is 21.1. The van der Waals surface area contributed by atoms with Crippen LogP contribution in [0.4, 0.5) is 14.7 Å². The molecular formula is C24H25F2N5O2. The Morgan fingerprint density at radius 2 is 2.06 bits per heavy atom. The average Bonchev–Trinajstić information content (AvgIpc) is 3.23. The molecule has 0 bridgehead atoms. The van der Waals surface area contributed by atoms with E-state index < -0.39 is 18.6 Å². The summed E-state index contributed by atoms with van der Waals surface area (Å²) in [6, 6.07) is 11.6. The van der Waals surface area contributed by atoms with E-state index in [0.717, 1.165) is 34.9 Å². The third kappa shape index (κ3) is 4.59. The first-order valence-corrected chi connectivity index (χ1v) is 11.0. The number of rotatable bonds is 6. The fraction of sp³-hybridized carbons (Fsp3) is 0.375. The van der Waals surface area contributed by atoms with Crippen LogP contribution in [-0.2, 0) is 0 Å². The van der Waals surface area contributed by atoms with Crippen molar-refractivity contribution in [2.24, 2.45) is 0 Å². The lowest BCUT2D eigenvalue weighted by molar-refractivity contribution is 0.0195. The molecule has 0 atom stereocenters. The predicted molar refractivity (Wildman–Crippen MR) is 122 cm³/mol. The lowest BCUT2D eigenvalue weighted by Crippen LogP contribution is -2.36. The van der Waals surface area contributed by atoms with Gasteiger partial charge in [-0.2, -0.15) is 4.98 Å². The Morgan fingerprint density at radius 1 is 1.24 bits per heavy atom. The number of hydrogen-bond acceptors (Lipinski definition) is 6. The monoisotopic (exact) mass is 453 g/mol. The van der Waals surface area contributed by atoms with Crippen molar-refractivity contribution >= 4 is 22.4 Å². The van der Waals surface area contributed by atoms with E-state index >= 15 is 0 Å². The lowest BCUT2D eigenvalue weighted by atomic mass is 9.84. The summed E-state index contributed by atoms with van der Waals surface area (Å²) in [5, 5.41) is 19.0. The van der Waals surface area contributed by atoms with Gasteiger partial charge in [0.05, 0.1) is 11.1 Å². The first kappa shape index (κ1) is 21.5. The highest BCUT2D eigenvalue weighted by Gasteiger charge is 2.29. The zero-order valence-corrected chi connectivity index (χ0v) is 18.2. The van der Waals surface area contributed by atoms with Crippen LogP contribution in [0.25, 0.3) is 27.5 Å². The molecule has 0 amide bonds. The van der Waals surface area contributed by atoms with Gasteiger partial charge in [0.1, 0.15) is 5.52 Å². The molecule has 3 heterocycles. The lowest BCUT2D eigenvalue weighted by Gasteiger charge is -2.33. The van der Waals surface area contributed by atoms with Crippen LogP contribution in [0.5, 0.6) is 5.88 Å². The Hall–Kier alpha value is -3.33. The topological polar surface area (TPSA) is 84.6 Å². The van der Waals surface area contributed by atoms with Gasteiger partial charge in [0.25, 0.3) is 6.43 Å². The zero-order chi connectivity index (χ0) is 23.0. The molecule has 0 aliphatic heterocycles. The minimum Gasteiger partial charge on any atom is -0.470 e.